The molecule has 0 atom stereocenters. The molecular weight excluding hydrogens is 321 g/mol. The van der Waals surface area contributed by atoms with Crippen molar-refractivity contribution in [1.82, 2.24) is 0 Å². The second kappa shape index (κ2) is 5.93. The van der Waals surface area contributed by atoms with E-state index >= 15 is 0 Å². The predicted octanol–water partition coefficient (Wildman–Crippen LogP) is 3.84. The SMILES string of the molecule is CS(=O)(=O)Nc1cc2c(cc1Sc1ccc(F)cc1)CCC2. The molecule has 2 aromatic carbocycles. The molecule has 3 rings (SSSR count). The van der Waals surface area contributed by atoms with Crippen LogP contribution in [-0.2, 0) is 22.9 Å². The van der Waals surface area contributed by atoms with Crippen molar-refractivity contribution in [3.8, 4) is 0 Å². The molecule has 22 heavy (non-hydrogen) atoms. The molecule has 0 radical (unpaired) electrons. The van der Waals surface area contributed by atoms with Crippen LogP contribution in [0, 0.1) is 5.82 Å². The molecule has 116 valence electrons. The Hall–Kier alpha value is -1.53. The minimum atomic E-state index is -3.34. The van der Waals surface area contributed by atoms with Crippen LogP contribution in [0.15, 0.2) is 46.2 Å². The molecule has 2 aromatic rings. The Morgan fingerprint density at radius 1 is 1.09 bits per heavy atom. The first-order chi connectivity index (χ1) is 10.4. The van der Waals surface area contributed by atoms with Crippen LogP contribution in [0.2, 0.25) is 0 Å². The number of hydrogen-bond acceptors (Lipinski definition) is 3. The molecule has 6 heteroatoms. The van der Waals surface area contributed by atoms with Gasteiger partial charge in [-0.05, 0) is 66.8 Å². The lowest BCUT2D eigenvalue weighted by Crippen LogP contribution is -2.10. The third-order valence-corrected chi connectivity index (χ3v) is 5.19. The molecule has 0 saturated carbocycles. The summed E-state index contributed by atoms with van der Waals surface area (Å²) in [7, 11) is -3.34. The Morgan fingerprint density at radius 2 is 1.73 bits per heavy atom. The molecule has 1 N–H and O–H groups in total. The molecular formula is C16H16FNO2S2. The summed E-state index contributed by atoms with van der Waals surface area (Å²) in [4.78, 5) is 1.72. The van der Waals surface area contributed by atoms with Gasteiger partial charge in [0.05, 0.1) is 11.9 Å². The van der Waals surface area contributed by atoms with E-state index in [1.54, 1.807) is 12.1 Å². The maximum atomic E-state index is 13.0. The van der Waals surface area contributed by atoms with Gasteiger partial charge >= 0.3 is 0 Å². The van der Waals surface area contributed by atoms with Crippen LogP contribution in [0.25, 0.3) is 0 Å². The first-order valence-electron chi connectivity index (χ1n) is 6.98. The molecule has 0 aliphatic heterocycles. The Morgan fingerprint density at radius 3 is 2.36 bits per heavy atom. The first kappa shape index (κ1) is 15.4. The van der Waals surface area contributed by atoms with E-state index in [1.165, 1.54) is 35.0 Å². The zero-order valence-electron chi connectivity index (χ0n) is 12.1. The van der Waals surface area contributed by atoms with E-state index in [9.17, 15) is 12.8 Å². The quantitative estimate of drug-likeness (QED) is 0.922. The molecule has 0 spiro atoms. The number of rotatable bonds is 4. The van der Waals surface area contributed by atoms with Gasteiger partial charge < -0.3 is 0 Å². The fourth-order valence-corrected chi connectivity index (χ4v) is 4.18. The molecule has 0 aromatic heterocycles. The third-order valence-electron chi connectivity index (χ3n) is 3.53. The summed E-state index contributed by atoms with van der Waals surface area (Å²) in [5.41, 5.74) is 3.07. The molecule has 3 nitrogen and oxygen atoms in total. The number of aryl methyl sites for hydroxylation is 2. The van der Waals surface area contributed by atoms with E-state index in [4.69, 9.17) is 0 Å². The molecule has 1 aliphatic rings. The van der Waals surface area contributed by atoms with Crippen molar-refractivity contribution in [2.45, 2.75) is 29.1 Å². The lowest BCUT2D eigenvalue weighted by Gasteiger charge is -2.13. The van der Waals surface area contributed by atoms with Crippen molar-refractivity contribution in [3.63, 3.8) is 0 Å². The average molecular weight is 337 g/mol. The summed E-state index contributed by atoms with van der Waals surface area (Å²) in [5.74, 6) is -0.284. The molecule has 0 saturated heterocycles. The highest BCUT2D eigenvalue weighted by Crippen LogP contribution is 2.38. The van der Waals surface area contributed by atoms with Crippen LogP contribution >= 0.6 is 11.8 Å². The second-order valence-corrected chi connectivity index (χ2v) is 8.26. The van der Waals surface area contributed by atoms with Gasteiger partial charge in [-0.3, -0.25) is 4.72 Å². The van der Waals surface area contributed by atoms with Crippen LogP contribution in [0.5, 0.6) is 0 Å². The smallest absolute Gasteiger partial charge is 0.229 e. The van der Waals surface area contributed by atoms with Crippen molar-refractivity contribution in [3.05, 3.63) is 53.3 Å². The largest absolute Gasteiger partial charge is 0.283 e. The highest BCUT2D eigenvalue weighted by atomic mass is 32.2. The number of hydrogen-bond donors (Lipinski definition) is 1. The molecule has 0 fully saturated rings. The maximum absolute atomic E-state index is 13.0. The van der Waals surface area contributed by atoms with E-state index < -0.39 is 10.0 Å². The molecule has 0 unspecified atom stereocenters. The van der Waals surface area contributed by atoms with Gasteiger partial charge in [0.1, 0.15) is 5.82 Å². The van der Waals surface area contributed by atoms with E-state index in [0.717, 1.165) is 35.3 Å². The van der Waals surface area contributed by atoms with Crippen molar-refractivity contribution in [2.75, 3.05) is 11.0 Å². The van der Waals surface area contributed by atoms with E-state index in [1.807, 2.05) is 12.1 Å². The summed E-state index contributed by atoms with van der Waals surface area (Å²) < 4.78 is 38.8. The van der Waals surface area contributed by atoms with Crippen molar-refractivity contribution in [1.29, 1.82) is 0 Å². The number of anilines is 1. The van der Waals surface area contributed by atoms with E-state index in [0.29, 0.717) is 5.69 Å². The zero-order valence-corrected chi connectivity index (χ0v) is 13.7. The summed E-state index contributed by atoms with van der Waals surface area (Å²) >= 11 is 1.44. The Kier molecular flexibility index (Phi) is 4.14. The van der Waals surface area contributed by atoms with Crippen LogP contribution in [0.4, 0.5) is 10.1 Å². The topological polar surface area (TPSA) is 46.2 Å². The van der Waals surface area contributed by atoms with Gasteiger partial charge in [0, 0.05) is 9.79 Å². The highest BCUT2D eigenvalue weighted by Gasteiger charge is 2.17. The molecule has 1 aliphatic carbocycles. The molecule has 0 amide bonds. The minimum Gasteiger partial charge on any atom is -0.283 e. The van der Waals surface area contributed by atoms with Gasteiger partial charge in [0.2, 0.25) is 10.0 Å². The van der Waals surface area contributed by atoms with E-state index in [2.05, 4.69) is 4.72 Å². The fourth-order valence-electron chi connectivity index (χ4n) is 2.60. The van der Waals surface area contributed by atoms with Gasteiger partial charge in [0.15, 0.2) is 0 Å². The fraction of sp³-hybridized carbons (Fsp3) is 0.250. The number of halogens is 1. The highest BCUT2D eigenvalue weighted by molar-refractivity contribution is 7.99. The summed E-state index contributed by atoms with van der Waals surface area (Å²) in [5, 5.41) is 0. The van der Waals surface area contributed by atoms with Gasteiger partial charge in [-0.1, -0.05) is 11.8 Å². The van der Waals surface area contributed by atoms with Gasteiger partial charge in [-0.2, -0.15) is 0 Å². The van der Waals surface area contributed by atoms with Crippen LogP contribution in [-0.4, -0.2) is 14.7 Å². The standard InChI is InChI=1S/C16H16FNO2S2/c1-22(19,20)18-15-9-11-3-2-4-12(11)10-16(15)21-14-7-5-13(17)6-8-14/h5-10,18H,2-4H2,1H3. The first-order valence-corrected chi connectivity index (χ1v) is 9.68. The van der Waals surface area contributed by atoms with Gasteiger partial charge in [-0.15, -0.1) is 0 Å². The average Bonchev–Trinajstić information content (AvgIpc) is 2.87. The zero-order chi connectivity index (χ0) is 15.7. The van der Waals surface area contributed by atoms with Crippen LogP contribution in [0.3, 0.4) is 0 Å². The molecule has 0 bridgehead atoms. The van der Waals surface area contributed by atoms with Crippen LogP contribution in [0.1, 0.15) is 17.5 Å². The number of nitrogens with one attached hydrogen (secondary N) is 1. The third kappa shape index (κ3) is 3.62. The lowest BCUT2D eigenvalue weighted by atomic mass is 10.1. The van der Waals surface area contributed by atoms with Gasteiger partial charge in [-0.25, -0.2) is 12.8 Å². The van der Waals surface area contributed by atoms with Gasteiger partial charge in [0.25, 0.3) is 0 Å². The van der Waals surface area contributed by atoms with Crippen LogP contribution < -0.4 is 4.72 Å². The second-order valence-electron chi connectivity index (χ2n) is 5.40. The Labute approximate surface area is 134 Å². The number of sulfonamides is 1. The lowest BCUT2D eigenvalue weighted by molar-refractivity contribution is 0.606. The summed E-state index contributed by atoms with van der Waals surface area (Å²) in [6, 6.07) is 10.2. The Balaban J connectivity index is 1.99. The maximum Gasteiger partial charge on any atom is 0.229 e. The Bertz CT molecular complexity index is 802. The van der Waals surface area contributed by atoms with Crippen molar-refractivity contribution < 1.29 is 12.8 Å². The summed E-state index contributed by atoms with van der Waals surface area (Å²) in [6.07, 6.45) is 4.24. The van der Waals surface area contributed by atoms with Crippen molar-refractivity contribution >= 4 is 27.5 Å². The number of fused-ring (bicyclic) bond motifs is 1. The van der Waals surface area contributed by atoms with E-state index in [-0.39, 0.29) is 5.82 Å². The number of benzene rings is 2. The normalized spacial score (nSPS) is 13.9. The monoisotopic (exact) mass is 337 g/mol. The van der Waals surface area contributed by atoms with Crippen molar-refractivity contribution in [2.24, 2.45) is 0 Å². The minimum absolute atomic E-state index is 0.284. The summed E-state index contributed by atoms with van der Waals surface area (Å²) in [6.45, 7) is 0. The molecule has 0 heterocycles. The predicted molar refractivity (Wildman–Crippen MR) is 87.5 cm³/mol.